The van der Waals surface area contributed by atoms with Gasteiger partial charge in [0.15, 0.2) is 0 Å². The zero-order valence-corrected chi connectivity index (χ0v) is 13.5. The molecule has 1 aliphatic heterocycles. The molecule has 0 spiro atoms. The van der Waals surface area contributed by atoms with Crippen LogP contribution in [0.4, 0.5) is 11.4 Å². The molecule has 0 bridgehead atoms. The molecule has 0 radical (unpaired) electrons. The Balaban J connectivity index is 1.61. The van der Waals surface area contributed by atoms with Crippen molar-refractivity contribution >= 4 is 29.2 Å². The lowest BCUT2D eigenvalue weighted by molar-refractivity contribution is 0.949. The number of aryl methyl sites for hydroxylation is 1. The highest BCUT2D eigenvalue weighted by molar-refractivity contribution is 6.31. The smallest absolute Gasteiger partial charge is 0.0576 e. The number of anilines is 2. The second kappa shape index (κ2) is 6.84. The highest BCUT2D eigenvalue weighted by Gasteiger charge is 2.11. The summed E-state index contributed by atoms with van der Waals surface area (Å²) in [6.07, 6.45) is 4.42. The number of hydrogen-bond donors (Lipinski definition) is 1. The topological polar surface area (TPSA) is 27.6 Å². The first kappa shape index (κ1) is 14.9. The predicted octanol–water partition coefficient (Wildman–Crippen LogP) is 4.69. The number of nitrogens with one attached hydrogen (secondary N) is 1. The molecule has 1 fully saturated rings. The van der Waals surface area contributed by atoms with Gasteiger partial charge in [0.05, 0.1) is 11.9 Å². The molecule has 0 saturated carbocycles. The fraction of sp³-hybridized carbons (Fsp3) is 0.278. The van der Waals surface area contributed by atoms with Crippen LogP contribution in [0.15, 0.2) is 47.6 Å². The summed E-state index contributed by atoms with van der Waals surface area (Å²) in [4.78, 5) is 2.42. The number of halogens is 1. The molecule has 4 heteroatoms. The van der Waals surface area contributed by atoms with E-state index >= 15 is 0 Å². The lowest BCUT2D eigenvalue weighted by Crippen LogP contribution is -2.17. The minimum absolute atomic E-state index is 0.746. The van der Waals surface area contributed by atoms with E-state index in [1.165, 1.54) is 31.6 Å². The third-order valence-electron chi connectivity index (χ3n) is 3.94. The molecular formula is C18H20ClN3. The second-order valence-corrected chi connectivity index (χ2v) is 6.03. The van der Waals surface area contributed by atoms with Gasteiger partial charge in [-0.25, -0.2) is 0 Å². The summed E-state index contributed by atoms with van der Waals surface area (Å²) in [7, 11) is 0. The second-order valence-electron chi connectivity index (χ2n) is 5.62. The van der Waals surface area contributed by atoms with E-state index in [2.05, 4.69) is 39.7 Å². The molecule has 1 heterocycles. The minimum Gasteiger partial charge on any atom is -0.372 e. The quantitative estimate of drug-likeness (QED) is 0.654. The normalized spacial score (nSPS) is 14.7. The average Bonchev–Trinajstić information content (AvgIpc) is 3.06. The highest BCUT2D eigenvalue weighted by Crippen LogP contribution is 2.21. The summed E-state index contributed by atoms with van der Waals surface area (Å²) in [5.41, 5.74) is 7.33. The third kappa shape index (κ3) is 3.60. The van der Waals surface area contributed by atoms with Gasteiger partial charge in [-0.2, -0.15) is 5.10 Å². The van der Waals surface area contributed by atoms with Gasteiger partial charge in [-0.3, -0.25) is 5.43 Å². The largest absolute Gasteiger partial charge is 0.372 e. The van der Waals surface area contributed by atoms with E-state index in [9.17, 15) is 0 Å². The summed E-state index contributed by atoms with van der Waals surface area (Å²) in [5.74, 6) is 0. The number of hydrazone groups is 1. The van der Waals surface area contributed by atoms with Gasteiger partial charge in [0.2, 0.25) is 0 Å². The summed E-state index contributed by atoms with van der Waals surface area (Å²) in [6.45, 7) is 4.32. The molecule has 0 aromatic heterocycles. The number of benzene rings is 2. The first-order valence-corrected chi connectivity index (χ1v) is 8.00. The van der Waals surface area contributed by atoms with Gasteiger partial charge in [0.25, 0.3) is 0 Å². The monoisotopic (exact) mass is 313 g/mol. The van der Waals surface area contributed by atoms with Crippen LogP contribution in [0.2, 0.25) is 5.02 Å². The van der Waals surface area contributed by atoms with Crippen LogP contribution >= 0.6 is 11.6 Å². The molecule has 0 amide bonds. The summed E-state index contributed by atoms with van der Waals surface area (Å²) in [6, 6.07) is 14.3. The van der Waals surface area contributed by atoms with Crippen molar-refractivity contribution in [1.82, 2.24) is 0 Å². The Hall–Kier alpha value is -2.00. The highest BCUT2D eigenvalue weighted by atomic mass is 35.5. The Bertz CT molecular complexity index is 659. The van der Waals surface area contributed by atoms with Gasteiger partial charge in [0.1, 0.15) is 0 Å². The maximum Gasteiger partial charge on any atom is 0.0576 e. The van der Waals surface area contributed by atoms with Crippen LogP contribution in [0.3, 0.4) is 0 Å². The molecular weight excluding hydrogens is 294 g/mol. The van der Waals surface area contributed by atoms with E-state index in [0.717, 1.165) is 21.8 Å². The number of hydrogen-bond acceptors (Lipinski definition) is 3. The number of nitrogens with zero attached hydrogens (tertiary/aromatic N) is 2. The van der Waals surface area contributed by atoms with E-state index < -0.39 is 0 Å². The van der Waals surface area contributed by atoms with E-state index in [0.29, 0.717) is 0 Å². The maximum atomic E-state index is 6.09. The number of rotatable bonds is 4. The van der Waals surface area contributed by atoms with Gasteiger partial charge in [-0.05, 0) is 55.2 Å². The van der Waals surface area contributed by atoms with Crippen molar-refractivity contribution in [2.45, 2.75) is 19.8 Å². The fourth-order valence-electron chi connectivity index (χ4n) is 2.59. The molecule has 22 heavy (non-hydrogen) atoms. The summed E-state index contributed by atoms with van der Waals surface area (Å²) in [5, 5.41) is 5.01. The SMILES string of the molecule is Cc1ccc(NN=Cc2ccc(N3CCCC3)cc2)cc1Cl. The Morgan fingerprint density at radius 3 is 2.50 bits per heavy atom. The minimum atomic E-state index is 0.746. The molecule has 3 rings (SSSR count). The first-order chi connectivity index (χ1) is 10.7. The summed E-state index contributed by atoms with van der Waals surface area (Å²) >= 11 is 6.09. The van der Waals surface area contributed by atoms with Crippen molar-refractivity contribution in [3.8, 4) is 0 Å². The van der Waals surface area contributed by atoms with Gasteiger partial charge >= 0.3 is 0 Å². The van der Waals surface area contributed by atoms with Crippen molar-refractivity contribution in [3.63, 3.8) is 0 Å². The van der Waals surface area contributed by atoms with Gasteiger partial charge < -0.3 is 4.90 Å². The van der Waals surface area contributed by atoms with Crippen LogP contribution < -0.4 is 10.3 Å². The van der Waals surface area contributed by atoms with E-state index in [1.54, 1.807) is 0 Å². The molecule has 0 atom stereocenters. The van der Waals surface area contributed by atoms with Crippen molar-refractivity contribution in [1.29, 1.82) is 0 Å². The van der Waals surface area contributed by atoms with Crippen molar-refractivity contribution in [2.75, 3.05) is 23.4 Å². The Labute approximate surface area is 136 Å². The van der Waals surface area contributed by atoms with Crippen LogP contribution in [0.1, 0.15) is 24.0 Å². The Morgan fingerprint density at radius 2 is 1.82 bits per heavy atom. The fourth-order valence-corrected chi connectivity index (χ4v) is 2.77. The molecule has 1 aliphatic rings. The summed E-state index contributed by atoms with van der Waals surface area (Å²) < 4.78 is 0. The molecule has 1 N–H and O–H groups in total. The van der Waals surface area contributed by atoms with Crippen LogP contribution in [0, 0.1) is 6.92 Å². The van der Waals surface area contributed by atoms with Crippen LogP contribution in [-0.2, 0) is 0 Å². The van der Waals surface area contributed by atoms with E-state index in [1.807, 2.05) is 31.3 Å². The molecule has 0 aliphatic carbocycles. The molecule has 2 aromatic carbocycles. The van der Waals surface area contributed by atoms with Gasteiger partial charge in [-0.1, -0.05) is 29.8 Å². The molecule has 2 aromatic rings. The van der Waals surface area contributed by atoms with E-state index in [4.69, 9.17) is 11.6 Å². The Kier molecular flexibility index (Phi) is 4.64. The van der Waals surface area contributed by atoms with Crippen molar-refractivity contribution < 1.29 is 0 Å². The van der Waals surface area contributed by atoms with Crippen LogP contribution in [0.25, 0.3) is 0 Å². The van der Waals surface area contributed by atoms with Crippen LogP contribution in [-0.4, -0.2) is 19.3 Å². The predicted molar refractivity (Wildman–Crippen MR) is 95.3 cm³/mol. The van der Waals surface area contributed by atoms with Crippen molar-refractivity contribution in [3.05, 3.63) is 58.6 Å². The average molecular weight is 314 g/mol. The first-order valence-electron chi connectivity index (χ1n) is 7.62. The standard InChI is InChI=1S/C18H20ClN3/c1-14-4-7-16(12-18(14)19)21-20-13-15-5-8-17(9-6-15)22-10-2-3-11-22/h4-9,12-13,21H,2-3,10-11H2,1H3. The van der Waals surface area contributed by atoms with Crippen LogP contribution in [0.5, 0.6) is 0 Å². The van der Waals surface area contributed by atoms with Crippen molar-refractivity contribution in [2.24, 2.45) is 5.10 Å². The molecule has 0 unspecified atom stereocenters. The third-order valence-corrected chi connectivity index (χ3v) is 4.35. The van der Waals surface area contributed by atoms with Gasteiger partial charge in [-0.15, -0.1) is 0 Å². The molecule has 1 saturated heterocycles. The zero-order valence-electron chi connectivity index (χ0n) is 12.7. The molecule has 3 nitrogen and oxygen atoms in total. The zero-order chi connectivity index (χ0) is 15.4. The lowest BCUT2D eigenvalue weighted by Gasteiger charge is -2.17. The van der Waals surface area contributed by atoms with Gasteiger partial charge in [0, 0.05) is 23.8 Å². The lowest BCUT2D eigenvalue weighted by atomic mass is 10.2. The maximum absolute atomic E-state index is 6.09. The Morgan fingerprint density at radius 1 is 1.09 bits per heavy atom. The van der Waals surface area contributed by atoms with E-state index in [-0.39, 0.29) is 0 Å². The molecule has 114 valence electrons.